The molecule has 94 valence electrons. The van der Waals surface area contributed by atoms with Crippen LogP contribution in [0.25, 0.3) is 0 Å². The van der Waals surface area contributed by atoms with Crippen LogP contribution in [0.3, 0.4) is 0 Å². The third kappa shape index (κ3) is 3.00. The number of rotatable bonds is 3. The van der Waals surface area contributed by atoms with Gasteiger partial charge in [0.15, 0.2) is 0 Å². The minimum absolute atomic E-state index is 0.577. The van der Waals surface area contributed by atoms with Gasteiger partial charge in [0, 0.05) is 5.02 Å². The van der Waals surface area contributed by atoms with E-state index in [1.54, 1.807) is 31.3 Å². The third-order valence-corrected chi connectivity index (χ3v) is 2.80. The molecule has 0 aliphatic rings. The molecule has 0 aliphatic heterocycles. The molecule has 1 aromatic heterocycles. The van der Waals surface area contributed by atoms with Crippen molar-refractivity contribution in [2.24, 2.45) is 0 Å². The highest BCUT2D eigenvalue weighted by Crippen LogP contribution is 2.27. The van der Waals surface area contributed by atoms with E-state index in [-0.39, 0.29) is 0 Å². The van der Waals surface area contributed by atoms with Gasteiger partial charge in [-0.3, -0.25) is 4.98 Å². The molecule has 1 N–H and O–H groups in total. The second-order valence-corrected chi connectivity index (χ2v) is 4.54. The quantitative estimate of drug-likeness (QED) is 0.914. The van der Waals surface area contributed by atoms with Crippen LogP contribution in [-0.4, -0.2) is 10.1 Å². The van der Waals surface area contributed by atoms with Crippen molar-refractivity contribution in [3.05, 3.63) is 52.8 Å². The summed E-state index contributed by atoms with van der Waals surface area (Å²) in [5.74, 6) is 1.32. The summed E-state index contributed by atoms with van der Waals surface area (Å²) in [6.07, 6.45) is 1.01. The van der Waals surface area contributed by atoms with Gasteiger partial charge in [-0.1, -0.05) is 17.7 Å². The average molecular weight is 264 g/mol. The molecule has 0 amide bonds. The van der Waals surface area contributed by atoms with Gasteiger partial charge in [0.05, 0.1) is 18.0 Å². The summed E-state index contributed by atoms with van der Waals surface area (Å²) in [6, 6.07) is 8.99. The van der Waals surface area contributed by atoms with Gasteiger partial charge in [0.2, 0.25) is 0 Å². The van der Waals surface area contributed by atoms with E-state index in [2.05, 4.69) is 4.98 Å². The van der Waals surface area contributed by atoms with Gasteiger partial charge in [-0.15, -0.1) is 0 Å². The van der Waals surface area contributed by atoms with Crippen LogP contribution in [0.15, 0.2) is 36.5 Å². The fraction of sp³-hybridized carbons (Fsp3) is 0.214. The topological polar surface area (TPSA) is 42.4 Å². The minimum Gasteiger partial charge on any atom is -0.455 e. The van der Waals surface area contributed by atoms with E-state index in [1.807, 2.05) is 19.1 Å². The summed E-state index contributed by atoms with van der Waals surface area (Å²) in [6.45, 7) is 3.62. The predicted octanol–water partition coefficient (Wildman–Crippen LogP) is 3.89. The summed E-state index contributed by atoms with van der Waals surface area (Å²) in [7, 11) is 0. The molecule has 1 atom stereocenters. The lowest BCUT2D eigenvalue weighted by Crippen LogP contribution is -1.95. The fourth-order valence-corrected chi connectivity index (χ4v) is 1.67. The first kappa shape index (κ1) is 12.9. The van der Waals surface area contributed by atoms with Gasteiger partial charge < -0.3 is 9.84 Å². The van der Waals surface area contributed by atoms with Gasteiger partial charge in [-0.25, -0.2) is 0 Å². The molecule has 0 radical (unpaired) electrons. The molecule has 0 fully saturated rings. The molecule has 0 saturated carbocycles. The van der Waals surface area contributed by atoms with Gasteiger partial charge in [0.1, 0.15) is 11.5 Å². The van der Waals surface area contributed by atoms with Crippen LogP contribution in [-0.2, 0) is 0 Å². The van der Waals surface area contributed by atoms with Crippen LogP contribution in [0, 0.1) is 6.92 Å². The van der Waals surface area contributed by atoms with Crippen molar-refractivity contribution in [1.82, 2.24) is 4.98 Å². The summed E-state index contributed by atoms with van der Waals surface area (Å²) in [5, 5.41) is 9.99. The highest BCUT2D eigenvalue weighted by Gasteiger charge is 2.05. The molecular formula is C14H14ClNO2. The Bertz CT molecular complexity index is 538. The number of benzene rings is 1. The number of hydrogen-bond donors (Lipinski definition) is 1. The molecule has 1 unspecified atom stereocenters. The van der Waals surface area contributed by atoms with Gasteiger partial charge >= 0.3 is 0 Å². The molecule has 0 saturated heterocycles. The van der Waals surface area contributed by atoms with Crippen LogP contribution in [0.1, 0.15) is 24.3 Å². The van der Waals surface area contributed by atoms with Crippen molar-refractivity contribution in [3.8, 4) is 11.5 Å². The number of ether oxygens (including phenoxy) is 1. The molecule has 2 aromatic rings. The Kier molecular flexibility index (Phi) is 3.84. The first-order chi connectivity index (χ1) is 8.56. The standard InChI is InChI=1S/C14H14ClNO2/c1-9-3-4-11(15)7-14(9)18-12-5-6-13(10(2)17)16-8-12/h3-8,10,17H,1-2H3. The first-order valence-corrected chi connectivity index (χ1v) is 6.02. The van der Waals surface area contributed by atoms with E-state index in [0.717, 1.165) is 5.56 Å². The van der Waals surface area contributed by atoms with E-state index in [4.69, 9.17) is 16.3 Å². The molecule has 0 spiro atoms. The van der Waals surface area contributed by atoms with Gasteiger partial charge in [0.25, 0.3) is 0 Å². The maximum atomic E-state index is 9.36. The maximum Gasteiger partial charge on any atom is 0.145 e. The second kappa shape index (κ2) is 5.38. The number of aromatic nitrogens is 1. The number of aliphatic hydroxyl groups is 1. The van der Waals surface area contributed by atoms with E-state index < -0.39 is 6.10 Å². The SMILES string of the molecule is Cc1ccc(Cl)cc1Oc1ccc(C(C)O)nc1. The highest BCUT2D eigenvalue weighted by molar-refractivity contribution is 6.30. The number of pyridine rings is 1. The van der Waals surface area contributed by atoms with Crippen LogP contribution in [0.4, 0.5) is 0 Å². The third-order valence-electron chi connectivity index (χ3n) is 2.57. The Labute approximate surface area is 111 Å². The minimum atomic E-state index is -0.577. The lowest BCUT2D eigenvalue weighted by molar-refractivity contribution is 0.194. The van der Waals surface area contributed by atoms with Crippen LogP contribution in [0.2, 0.25) is 5.02 Å². The van der Waals surface area contributed by atoms with E-state index in [0.29, 0.717) is 22.2 Å². The zero-order valence-corrected chi connectivity index (χ0v) is 11.0. The van der Waals surface area contributed by atoms with Crippen molar-refractivity contribution < 1.29 is 9.84 Å². The largest absolute Gasteiger partial charge is 0.455 e. The Morgan fingerprint density at radius 1 is 1.28 bits per heavy atom. The lowest BCUT2D eigenvalue weighted by Gasteiger charge is -2.09. The molecule has 18 heavy (non-hydrogen) atoms. The van der Waals surface area contributed by atoms with Crippen molar-refractivity contribution >= 4 is 11.6 Å². The van der Waals surface area contributed by atoms with Crippen molar-refractivity contribution in [1.29, 1.82) is 0 Å². The zero-order chi connectivity index (χ0) is 13.1. The fourth-order valence-electron chi connectivity index (χ4n) is 1.51. The monoisotopic (exact) mass is 263 g/mol. The summed E-state index contributed by atoms with van der Waals surface area (Å²) < 4.78 is 5.70. The Balaban J connectivity index is 2.21. The molecule has 0 bridgehead atoms. The normalized spacial score (nSPS) is 12.2. The smallest absolute Gasteiger partial charge is 0.145 e. The Morgan fingerprint density at radius 2 is 2.06 bits per heavy atom. The maximum absolute atomic E-state index is 9.36. The predicted molar refractivity (Wildman–Crippen MR) is 71.1 cm³/mol. The Morgan fingerprint density at radius 3 is 2.67 bits per heavy atom. The van der Waals surface area contributed by atoms with E-state index in [1.165, 1.54) is 0 Å². The Hall–Kier alpha value is -1.58. The molecule has 2 rings (SSSR count). The highest BCUT2D eigenvalue weighted by atomic mass is 35.5. The molecular weight excluding hydrogens is 250 g/mol. The van der Waals surface area contributed by atoms with Crippen LogP contribution >= 0.6 is 11.6 Å². The number of hydrogen-bond acceptors (Lipinski definition) is 3. The van der Waals surface area contributed by atoms with Gasteiger partial charge in [-0.2, -0.15) is 0 Å². The lowest BCUT2D eigenvalue weighted by atomic mass is 10.2. The number of nitrogens with zero attached hydrogens (tertiary/aromatic N) is 1. The van der Waals surface area contributed by atoms with Crippen molar-refractivity contribution in [2.45, 2.75) is 20.0 Å². The molecule has 1 aromatic carbocycles. The number of aryl methyl sites for hydroxylation is 1. The van der Waals surface area contributed by atoms with E-state index in [9.17, 15) is 5.11 Å². The molecule has 3 nitrogen and oxygen atoms in total. The summed E-state index contributed by atoms with van der Waals surface area (Å²) >= 11 is 5.92. The zero-order valence-electron chi connectivity index (χ0n) is 10.2. The average Bonchev–Trinajstić information content (AvgIpc) is 2.34. The first-order valence-electron chi connectivity index (χ1n) is 5.64. The van der Waals surface area contributed by atoms with E-state index >= 15 is 0 Å². The molecule has 4 heteroatoms. The molecule has 0 aliphatic carbocycles. The number of aliphatic hydroxyl groups excluding tert-OH is 1. The summed E-state index contributed by atoms with van der Waals surface area (Å²) in [4.78, 5) is 4.12. The van der Waals surface area contributed by atoms with Crippen molar-refractivity contribution in [2.75, 3.05) is 0 Å². The van der Waals surface area contributed by atoms with Gasteiger partial charge in [-0.05, 0) is 43.7 Å². The van der Waals surface area contributed by atoms with Crippen LogP contribution in [0.5, 0.6) is 11.5 Å². The van der Waals surface area contributed by atoms with Crippen LogP contribution < -0.4 is 4.74 Å². The van der Waals surface area contributed by atoms with Crippen molar-refractivity contribution in [3.63, 3.8) is 0 Å². The number of halogens is 1. The summed E-state index contributed by atoms with van der Waals surface area (Å²) in [5.41, 5.74) is 1.61. The molecule has 1 heterocycles. The second-order valence-electron chi connectivity index (χ2n) is 4.11.